The van der Waals surface area contributed by atoms with Gasteiger partial charge in [0, 0.05) is 22.6 Å². The number of hydrogen-bond acceptors (Lipinski definition) is 6. The summed E-state index contributed by atoms with van der Waals surface area (Å²) in [6.07, 6.45) is 3.59. The monoisotopic (exact) mass is 492 g/mol. The lowest BCUT2D eigenvalue weighted by Crippen LogP contribution is -2.27. The van der Waals surface area contributed by atoms with Gasteiger partial charge in [0.1, 0.15) is 5.82 Å². The number of nitrogens with one attached hydrogen (secondary N) is 1. The van der Waals surface area contributed by atoms with Crippen LogP contribution in [-0.2, 0) is 10.2 Å². The third-order valence-corrected chi connectivity index (χ3v) is 7.01. The second-order valence-electron chi connectivity index (χ2n) is 9.39. The van der Waals surface area contributed by atoms with Crippen LogP contribution in [0.15, 0.2) is 29.6 Å². The zero-order chi connectivity index (χ0) is 23.8. The number of thiazole rings is 1. The van der Waals surface area contributed by atoms with Gasteiger partial charge in [-0.25, -0.2) is 19.3 Å². The quantitative estimate of drug-likeness (QED) is 0.311. The number of benzene rings is 1. The third kappa shape index (κ3) is 5.30. The van der Waals surface area contributed by atoms with Gasteiger partial charge in [-0.3, -0.25) is 4.79 Å². The topological polar surface area (TPSA) is 67.8 Å². The van der Waals surface area contributed by atoms with Gasteiger partial charge in [0.25, 0.3) is 0 Å². The number of rotatable bonds is 4. The second kappa shape index (κ2) is 9.08. The lowest BCUT2D eigenvalue weighted by Gasteiger charge is -2.19. The molecule has 0 aliphatic carbocycles. The van der Waals surface area contributed by atoms with Gasteiger partial charge in [-0.15, -0.1) is 11.3 Å². The van der Waals surface area contributed by atoms with E-state index in [-0.39, 0.29) is 22.0 Å². The molecule has 1 amide bonds. The maximum absolute atomic E-state index is 14.7. The molecule has 0 saturated carbocycles. The highest BCUT2D eigenvalue weighted by Crippen LogP contribution is 2.44. The van der Waals surface area contributed by atoms with E-state index in [4.69, 9.17) is 16.6 Å². The number of nitrogens with zero attached hydrogens (tertiary/aromatic N) is 3. The summed E-state index contributed by atoms with van der Waals surface area (Å²) in [5, 5.41) is 4.48. The first-order valence-corrected chi connectivity index (χ1v) is 12.4. The first kappa shape index (κ1) is 24.6. The SMILES string of the molecule is CSc1nccc(-c2sc(C(C)(C)C)nc2-c2cc(F)cc(NC(=O)C(C)(C)C)c2Cl)n1. The Kier molecular flexibility index (Phi) is 6.98. The van der Waals surface area contributed by atoms with Crippen molar-refractivity contribution in [1.82, 2.24) is 15.0 Å². The highest BCUT2D eigenvalue weighted by atomic mass is 35.5. The lowest BCUT2D eigenvalue weighted by molar-refractivity contribution is -0.123. The van der Waals surface area contributed by atoms with E-state index in [1.165, 1.54) is 35.2 Å². The molecule has 0 radical (unpaired) electrons. The number of hydrogen-bond donors (Lipinski definition) is 1. The molecule has 0 bridgehead atoms. The van der Waals surface area contributed by atoms with Crippen LogP contribution in [0, 0.1) is 11.2 Å². The Balaban J connectivity index is 2.23. The van der Waals surface area contributed by atoms with E-state index in [9.17, 15) is 9.18 Å². The van der Waals surface area contributed by atoms with Crippen molar-refractivity contribution in [2.24, 2.45) is 5.41 Å². The first-order chi connectivity index (χ1) is 14.8. The number of halogens is 2. The Morgan fingerprint density at radius 2 is 1.84 bits per heavy atom. The van der Waals surface area contributed by atoms with Gasteiger partial charge in [0.2, 0.25) is 5.91 Å². The summed E-state index contributed by atoms with van der Waals surface area (Å²) in [6.45, 7) is 11.5. The van der Waals surface area contributed by atoms with Crippen LogP contribution in [0.3, 0.4) is 0 Å². The number of thioether (sulfide) groups is 1. The van der Waals surface area contributed by atoms with Crippen molar-refractivity contribution in [2.45, 2.75) is 52.1 Å². The number of aromatic nitrogens is 3. The molecular weight excluding hydrogens is 467 g/mol. The van der Waals surface area contributed by atoms with Gasteiger partial charge in [0.05, 0.1) is 32.0 Å². The number of carbonyl (C=O) groups is 1. The Morgan fingerprint density at radius 3 is 2.44 bits per heavy atom. The molecule has 0 aliphatic heterocycles. The molecule has 0 saturated heterocycles. The molecule has 2 heterocycles. The van der Waals surface area contributed by atoms with Crippen LogP contribution in [0.5, 0.6) is 0 Å². The average Bonchev–Trinajstić information content (AvgIpc) is 3.15. The smallest absolute Gasteiger partial charge is 0.229 e. The van der Waals surface area contributed by atoms with E-state index < -0.39 is 11.2 Å². The zero-order valence-corrected chi connectivity index (χ0v) is 21.5. The van der Waals surface area contributed by atoms with Gasteiger partial charge in [-0.1, -0.05) is 64.9 Å². The molecular formula is C23H26ClFN4OS2. The molecule has 0 spiro atoms. The minimum atomic E-state index is -0.657. The molecule has 32 heavy (non-hydrogen) atoms. The summed E-state index contributed by atoms with van der Waals surface area (Å²) in [7, 11) is 0. The van der Waals surface area contributed by atoms with E-state index in [2.05, 4.69) is 36.1 Å². The van der Waals surface area contributed by atoms with Gasteiger partial charge >= 0.3 is 0 Å². The maximum Gasteiger partial charge on any atom is 0.229 e. The van der Waals surface area contributed by atoms with Crippen molar-refractivity contribution in [3.63, 3.8) is 0 Å². The van der Waals surface area contributed by atoms with E-state index in [1.54, 1.807) is 33.0 Å². The first-order valence-electron chi connectivity index (χ1n) is 10.0. The fraction of sp³-hybridized carbons (Fsp3) is 0.391. The van der Waals surface area contributed by atoms with Gasteiger partial charge in [0.15, 0.2) is 5.16 Å². The van der Waals surface area contributed by atoms with Gasteiger partial charge in [-0.05, 0) is 24.5 Å². The summed E-state index contributed by atoms with van der Waals surface area (Å²) < 4.78 is 14.7. The predicted octanol–water partition coefficient (Wildman–Crippen LogP) is 7.06. The molecule has 1 N–H and O–H groups in total. The van der Waals surface area contributed by atoms with E-state index in [0.29, 0.717) is 22.1 Å². The average molecular weight is 493 g/mol. The van der Waals surface area contributed by atoms with Crippen molar-refractivity contribution in [3.05, 3.63) is 40.2 Å². The van der Waals surface area contributed by atoms with Crippen molar-refractivity contribution in [1.29, 1.82) is 0 Å². The van der Waals surface area contributed by atoms with Crippen molar-refractivity contribution >= 4 is 46.3 Å². The fourth-order valence-corrected chi connectivity index (χ4v) is 4.43. The molecule has 9 heteroatoms. The van der Waals surface area contributed by atoms with Crippen molar-refractivity contribution in [3.8, 4) is 21.8 Å². The van der Waals surface area contributed by atoms with Gasteiger partial charge < -0.3 is 5.32 Å². The molecule has 3 rings (SSSR count). The molecule has 5 nitrogen and oxygen atoms in total. The standard InChI is InChI=1S/C23H26ClFN4OS2/c1-22(2,3)19(30)27-15-11-12(25)10-13(16(15)24)17-18(32-20(29-17)23(4,5)6)14-8-9-26-21(28-14)31-7/h8-11H,1-7H3,(H,27,30). The summed E-state index contributed by atoms with van der Waals surface area (Å²) in [6, 6.07) is 4.37. The van der Waals surface area contributed by atoms with E-state index in [0.717, 1.165) is 9.88 Å². The molecule has 170 valence electrons. The minimum absolute atomic E-state index is 0.213. The number of carbonyl (C=O) groups excluding carboxylic acids is 1. The van der Waals surface area contributed by atoms with E-state index in [1.807, 2.05) is 6.26 Å². The number of amides is 1. The van der Waals surface area contributed by atoms with E-state index >= 15 is 0 Å². The van der Waals surface area contributed by atoms with Crippen molar-refractivity contribution in [2.75, 3.05) is 11.6 Å². The van der Waals surface area contributed by atoms with Crippen LogP contribution in [0.1, 0.15) is 46.6 Å². The summed E-state index contributed by atoms with van der Waals surface area (Å²) in [5.74, 6) is -0.775. The highest BCUT2D eigenvalue weighted by Gasteiger charge is 2.27. The second-order valence-corrected chi connectivity index (χ2v) is 11.5. The Hall–Kier alpha value is -2.03. The van der Waals surface area contributed by atoms with Crippen LogP contribution >= 0.6 is 34.7 Å². The largest absolute Gasteiger partial charge is 0.324 e. The minimum Gasteiger partial charge on any atom is -0.324 e. The molecule has 3 aromatic rings. The molecule has 0 atom stereocenters. The van der Waals surface area contributed by atoms with Crippen LogP contribution in [0.25, 0.3) is 21.8 Å². The zero-order valence-electron chi connectivity index (χ0n) is 19.1. The normalized spacial score (nSPS) is 12.2. The summed E-state index contributed by atoms with van der Waals surface area (Å²) in [4.78, 5) is 27.0. The predicted molar refractivity (Wildman–Crippen MR) is 132 cm³/mol. The van der Waals surface area contributed by atoms with Crippen LogP contribution in [-0.4, -0.2) is 27.1 Å². The Bertz CT molecular complexity index is 1170. The van der Waals surface area contributed by atoms with Crippen LogP contribution in [0.2, 0.25) is 5.02 Å². The van der Waals surface area contributed by atoms with Crippen LogP contribution in [0.4, 0.5) is 10.1 Å². The maximum atomic E-state index is 14.7. The molecule has 0 unspecified atom stereocenters. The number of anilines is 1. The summed E-state index contributed by atoms with van der Waals surface area (Å²) >= 11 is 9.63. The van der Waals surface area contributed by atoms with Gasteiger partial charge in [-0.2, -0.15) is 0 Å². The highest BCUT2D eigenvalue weighted by molar-refractivity contribution is 7.98. The Labute approximate surface area is 201 Å². The summed E-state index contributed by atoms with van der Waals surface area (Å²) in [5.41, 5.74) is 0.952. The third-order valence-electron chi connectivity index (χ3n) is 4.54. The molecule has 2 aromatic heterocycles. The molecule has 0 fully saturated rings. The van der Waals surface area contributed by atoms with Crippen LogP contribution < -0.4 is 5.32 Å². The molecule has 0 aliphatic rings. The lowest BCUT2D eigenvalue weighted by atomic mass is 9.95. The Morgan fingerprint density at radius 1 is 1.16 bits per heavy atom. The molecule has 1 aromatic carbocycles. The fourth-order valence-electron chi connectivity index (χ4n) is 2.73. The van der Waals surface area contributed by atoms with Crippen molar-refractivity contribution < 1.29 is 9.18 Å².